The molecule has 4 heterocycles. The number of hydrogen-bond donors (Lipinski definition) is 0. The first kappa shape index (κ1) is 11.3. The molecule has 0 radical (unpaired) electrons. The molecule has 0 atom stereocenters. The van der Waals surface area contributed by atoms with E-state index in [-0.39, 0.29) is 0 Å². The average Bonchev–Trinajstić information content (AvgIpc) is 3.17. The molecule has 0 saturated carbocycles. The third-order valence-corrected chi connectivity index (χ3v) is 3.91. The van der Waals surface area contributed by atoms with E-state index in [2.05, 4.69) is 20.3 Å². The molecule has 0 bridgehead atoms. The van der Waals surface area contributed by atoms with Gasteiger partial charge in [-0.25, -0.2) is 0 Å². The molecule has 0 aliphatic carbocycles. The van der Waals surface area contributed by atoms with E-state index >= 15 is 0 Å². The highest BCUT2D eigenvalue weighted by Gasteiger charge is 2.12. The maximum absolute atomic E-state index is 5.32. The van der Waals surface area contributed by atoms with Crippen molar-refractivity contribution < 1.29 is 4.52 Å². The zero-order valence-electron chi connectivity index (χ0n) is 10.5. The molecule has 4 aromatic heterocycles. The molecule has 4 rings (SSSR count). The summed E-state index contributed by atoms with van der Waals surface area (Å²) in [7, 11) is 0. The first-order valence-electron chi connectivity index (χ1n) is 6.00. The molecular weight excluding hydrogens is 274 g/mol. The Hall–Kier alpha value is -2.54. The number of nitrogens with zero attached hydrogens (tertiary/aromatic N) is 5. The lowest BCUT2D eigenvalue weighted by molar-refractivity contribution is 0.433. The van der Waals surface area contributed by atoms with Crippen molar-refractivity contribution in [2.24, 2.45) is 0 Å². The summed E-state index contributed by atoms with van der Waals surface area (Å²) in [5.74, 6) is 1.10. The molecule has 0 aliphatic rings. The van der Waals surface area contributed by atoms with Gasteiger partial charge in [0.05, 0.1) is 4.88 Å². The fourth-order valence-electron chi connectivity index (χ4n) is 1.95. The summed E-state index contributed by atoms with van der Waals surface area (Å²) >= 11 is 1.63. The molecule has 4 aromatic rings. The zero-order chi connectivity index (χ0) is 13.5. The number of pyridine rings is 1. The summed E-state index contributed by atoms with van der Waals surface area (Å²) in [4.78, 5) is 6.63. The van der Waals surface area contributed by atoms with Crippen molar-refractivity contribution in [3.63, 3.8) is 0 Å². The number of aromatic nitrogens is 5. The summed E-state index contributed by atoms with van der Waals surface area (Å²) in [6.45, 7) is 2.05. The minimum absolute atomic E-state index is 0.543. The van der Waals surface area contributed by atoms with Crippen LogP contribution in [0.3, 0.4) is 0 Å². The Morgan fingerprint density at radius 2 is 2.15 bits per heavy atom. The van der Waals surface area contributed by atoms with E-state index in [1.165, 1.54) is 4.88 Å². The van der Waals surface area contributed by atoms with Crippen LogP contribution in [0.4, 0.5) is 0 Å². The topological polar surface area (TPSA) is 69.1 Å². The number of aryl methyl sites for hydroxylation is 1. The largest absolute Gasteiger partial charge is 0.333 e. The van der Waals surface area contributed by atoms with Gasteiger partial charge in [0, 0.05) is 16.6 Å². The molecule has 0 saturated heterocycles. The van der Waals surface area contributed by atoms with Crippen LogP contribution in [0.5, 0.6) is 0 Å². The van der Waals surface area contributed by atoms with Gasteiger partial charge < -0.3 is 4.52 Å². The molecule has 7 heteroatoms. The Bertz CT molecular complexity index is 891. The monoisotopic (exact) mass is 283 g/mol. The van der Waals surface area contributed by atoms with E-state index in [0.717, 1.165) is 16.1 Å². The molecule has 20 heavy (non-hydrogen) atoms. The standard InChI is InChI=1S/C13H9N5OS/c1-8-2-4-10(20-8)13-15-12(17-19-13)9-3-5-11-16-14-7-18(11)6-9/h2-7H,1H3. The molecular formula is C13H9N5OS. The van der Waals surface area contributed by atoms with Gasteiger partial charge in [0.25, 0.3) is 5.89 Å². The highest BCUT2D eigenvalue weighted by molar-refractivity contribution is 7.15. The third-order valence-electron chi connectivity index (χ3n) is 2.93. The molecule has 6 nitrogen and oxygen atoms in total. The van der Waals surface area contributed by atoms with E-state index in [4.69, 9.17) is 4.52 Å². The van der Waals surface area contributed by atoms with Crippen LogP contribution in [-0.2, 0) is 0 Å². The number of thiophene rings is 1. The summed E-state index contributed by atoms with van der Waals surface area (Å²) < 4.78 is 7.14. The summed E-state index contributed by atoms with van der Waals surface area (Å²) in [6, 6.07) is 7.79. The van der Waals surface area contributed by atoms with Gasteiger partial charge in [-0.3, -0.25) is 4.40 Å². The van der Waals surface area contributed by atoms with Crippen molar-refractivity contribution in [1.82, 2.24) is 24.7 Å². The Morgan fingerprint density at radius 3 is 3.00 bits per heavy atom. The van der Waals surface area contributed by atoms with Crippen LogP contribution in [0.1, 0.15) is 4.88 Å². The number of rotatable bonds is 2. The quantitative estimate of drug-likeness (QED) is 0.566. The van der Waals surface area contributed by atoms with Crippen molar-refractivity contribution in [2.45, 2.75) is 6.92 Å². The van der Waals surface area contributed by atoms with Crippen LogP contribution in [0.15, 0.2) is 41.3 Å². The predicted molar refractivity (Wildman–Crippen MR) is 74.3 cm³/mol. The minimum atomic E-state index is 0.543. The van der Waals surface area contributed by atoms with Crippen LogP contribution >= 0.6 is 11.3 Å². The maximum Gasteiger partial charge on any atom is 0.268 e. The highest BCUT2D eigenvalue weighted by atomic mass is 32.1. The van der Waals surface area contributed by atoms with Crippen molar-refractivity contribution in [3.8, 4) is 22.2 Å². The van der Waals surface area contributed by atoms with Gasteiger partial charge in [-0.15, -0.1) is 21.5 Å². The van der Waals surface area contributed by atoms with Crippen LogP contribution in [0.25, 0.3) is 27.8 Å². The second-order valence-electron chi connectivity index (χ2n) is 4.35. The molecule has 0 aromatic carbocycles. The lowest BCUT2D eigenvalue weighted by Gasteiger charge is -1.95. The molecule has 0 fully saturated rings. The normalized spacial score (nSPS) is 11.2. The second kappa shape index (κ2) is 4.24. The predicted octanol–water partition coefficient (Wildman–Crippen LogP) is 2.82. The smallest absolute Gasteiger partial charge is 0.268 e. The molecule has 0 spiro atoms. The highest BCUT2D eigenvalue weighted by Crippen LogP contribution is 2.28. The third kappa shape index (κ3) is 1.79. The Labute approximate surface area is 117 Å². The summed E-state index contributed by atoms with van der Waals surface area (Å²) in [5, 5.41) is 11.8. The van der Waals surface area contributed by atoms with E-state index in [0.29, 0.717) is 11.7 Å². The van der Waals surface area contributed by atoms with Crippen LogP contribution in [0.2, 0.25) is 0 Å². The summed E-state index contributed by atoms with van der Waals surface area (Å²) in [5.41, 5.74) is 1.65. The molecule has 0 aliphatic heterocycles. The Balaban J connectivity index is 1.77. The molecule has 98 valence electrons. The Morgan fingerprint density at radius 1 is 1.20 bits per heavy atom. The zero-order valence-corrected chi connectivity index (χ0v) is 11.3. The first-order chi connectivity index (χ1) is 9.79. The van der Waals surface area contributed by atoms with Crippen LogP contribution in [-0.4, -0.2) is 24.7 Å². The van der Waals surface area contributed by atoms with E-state index in [1.807, 2.05) is 41.8 Å². The van der Waals surface area contributed by atoms with Crippen molar-refractivity contribution in [3.05, 3.63) is 41.7 Å². The van der Waals surface area contributed by atoms with E-state index < -0.39 is 0 Å². The molecule has 0 N–H and O–H groups in total. The summed E-state index contributed by atoms with van der Waals surface area (Å²) in [6.07, 6.45) is 3.52. The van der Waals surface area contributed by atoms with Crippen molar-refractivity contribution in [2.75, 3.05) is 0 Å². The van der Waals surface area contributed by atoms with Crippen LogP contribution < -0.4 is 0 Å². The fourth-order valence-corrected chi connectivity index (χ4v) is 2.74. The van der Waals surface area contributed by atoms with E-state index in [1.54, 1.807) is 17.7 Å². The number of fused-ring (bicyclic) bond motifs is 1. The average molecular weight is 283 g/mol. The molecule has 0 unspecified atom stereocenters. The van der Waals surface area contributed by atoms with E-state index in [9.17, 15) is 0 Å². The van der Waals surface area contributed by atoms with Gasteiger partial charge in [0.15, 0.2) is 5.65 Å². The van der Waals surface area contributed by atoms with Gasteiger partial charge in [-0.1, -0.05) is 5.16 Å². The van der Waals surface area contributed by atoms with Gasteiger partial charge in [-0.2, -0.15) is 4.98 Å². The Kier molecular flexibility index (Phi) is 2.40. The lowest BCUT2D eigenvalue weighted by atomic mass is 10.3. The van der Waals surface area contributed by atoms with Gasteiger partial charge >= 0.3 is 0 Å². The van der Waals surface area contributed by atoms with Gasteiger partial charge in [0.1, 0.15) is 6.33 Å². The van der Waals surface area contributed by atoms with Crippen LogP contribution in [0, 0.1) is 6.92 Å². The fraction of sp³-hybridized carbons (Fsp3) is 0.0769. The minimum Gasteiger partial charge on any atom is -0.333 e. The molecule has 0 amide bonds. The van der Waals surface area contributed by atoms with Gasteiger partial charge in [0.2, 0.25) is 5.82 Å². The first-order valence-corrected chi connectivity index (χ1v) is 6.81. The second-order valence-corrected chi connectivity index (χ2v) is 5.64. The van der Waals surface area contributed by atoms with Crippen molar-refractivity contribution >= 4 is 17.0 Å². The maximum atomic E-state index is 5.32. The van der Waals surface area contributed by atoms with Crippen molar-refractivity contribution in [1.29, 1.82) is 0 Å². The lowest BCUT2D eigenvalue weighted by Crippen LogP contribution is -1.87. The number of hydrogen-bond acceptors (Lipinski definition) is 6. The van der Waals surface area contributed by atoms with Gasteiger partial charge in [-0.05, 0) is 31.2 Å². The SMILES string of the molecule is Cc1ccc(-c2nc(-c3ccc4nncn4c3)no2)s1.